The Hall–Kier alpha value is -3.82. The van der Waals surface area contributed by atoms with Gasteiger partial charge in [0, 0.05) is 67.2 Å². The van der Waals surface area contributed by atoms with Crippen LogP contribution in [0.3, 0.4) is 0 Å². The van der Waals surface area contributed by atoms with Gasteiger partial charge in [0.2, 0.25) is 5.91 Å². The molecule has 5 atom stereocenters. The van der Waals surface area contributed by atoms with Crippen molar-refractivity contribution in [2.45, 2.75) is 119 Å². The van der Waals surface area contributed by atoms with Gasteiger partial charge in [-0.1, -0.05) is 48.9 Å². The first-order chi connectivity index (χ1) is 27.0. The molecular formula is C42H56ClN5O8. The highest BCUT2D eigenvalue weighted by molar-refractivity contribution is 6.31. The number of nitrogens with zero attached hydrogens (tertiary/aromatic N) is 2. The number of benzene rings is 2. The molecule has 0 radical (unpaired) electrons. The summed E-state index contributed by atoms with van der Waals surface area (Å²) in [6.07, 6.45) is 4.84. The van der Waals surface area contributed by atoms with Crippen molar-refractivity contribution >= 4 is 23.5 Å². The highest BCUT2D eigenvalue weighted by atomic mass is 35.5. The van der Waals surface area contributed by atoms with Crippen LogP contribution in [0, 0.1) is 0 Å². The number of pyridine rings is 1. The zero-order valence-corrected chi connectivity index (χ0v) is 32.7. The van der Waals surface area contributed by atoms with Gasteiger partial charge in [0.05, 0.1) is 18.8 Å². The van der Waals surface area contributed by atoms with E-state index in [2.05, 4.69) is 64.3 Å². The van der Waals surface area contributed by atoms with Gasteiger partial charge in [-0.2, -0.15) is 0 Å². The van der Waals surface area contributed by atoms with Gasteiger partial charge in [-0.05, 0) is 97.7 Å². The first kappa shape index (κ1) is 41.8. The number of ether oxygens (including phenoxy) is 1. The molecule has 13 nitrogen and oxygen atoms in total. The maximum atomic E-state index is 13.1. The summed E-state index contributed by atoms with van der Waals surface area (Å²) < 4.78 is 6.28. The molecule has 2 aromatic carbocycles. The standard InChI is InChI=1S/C42H56ClN5O8/c1-26(5-4-8-38(52)48-19-14-29(15-20-48)47-41(55)45-24-35(50)39(53)40(54)36(51)25-49)27-9-12-34(43)28(21-27)22-46-42(16-17-42)33-23-44-18-13-31(33)32-6-2-3-7-37(32)56-30-10-11-30/h2-3,6-7,9,12-13,18,21,23,26,29-30,35-36,39-40,46,49-51,53-54H,4-5,8,10-11,14-17,19-20,22,24-25H2,1H3,(H2,45,47,55)/t26?,35-,36+,39+,40+/m0/s1. The Bertz CT molecular complexity index is 1780. The minimum absolute atomic E-state index is 0.0908. The molecule has 2 aliphatic carbocycles. The fraction of sp³-hybridized carbons (Fsp3) is 0.548. The van der Waals surface area contributed by atoms with Gasteiger partial charge in [-0.15, -0.1) is 0 Å². The molecule has 3 aromatic rings. The maximum Gasteiger partial charge on any atom is 0.315 e. The molecule has 2 saturated carbocycles. The van der Waals surface area contributed by atoms with Crippen LogP contribution in [0.4, 0.5) is 4.79 Å². The highest BCUT2D eigenvalue weighted by Gasteiger charge is 2.46. The molecule has 56 heavy (non-hydrogen) atoms. The van der Waals surface area contributed by atoms with Crippen LogP contribution in [0.1, 0.15) is 87.3 Å². The van der Waals surface area contributed by atoms with Crippen LogP contribution in [0.5, 0.6) is 5.75 Å². The Morgan fingerprint density at radius 2 is 1.71 bits per heavy atom. The molecule has 1 aromatic heterocycles. The quantitative estimate of drug-likeness (QED) is 0.0886. The van der Waals surface area contributed by atoms with Crippen LogP contribution in [0.2, 0.25) is 5.02 Å². The number of halogens is 1. The van der Waals surface area contributed by atoms with Crippen molar-refractivity contribution in [3.05, 3.63) is 82.6 Å². The number of carbonyl (C=O) groups is 2. The predicted octanol–water partition coefficient (Wildman–Crippen LogP) is 3.72. The summed E-state index contributed by atoms with van der Waals surface area (Å²) in [6, 6.07) is 15.8. The number of nitrogens with one attached hydrogen (secondary N) is 3. The van der Waals surface area contributed by atoms with Gasteiger partial charge in [0.1, 0.15) is 24.1 Å². The second kappa shape index (κ2) is 19.1. The summed E-state index contributed by atoms with van der Waals surface area (Å²) in [6.45, 7) is 2.67. The Morgan fingerprint density at radius 1 is 0.982 bits per heavy atom. The molecule has 1 unspecified atom stereocenters. The van der Waals surface area contributed by atoms with E-state index >= 15 is 0 Å². The fourth-order valence-corrected chi connectivity index (χ4v) is 7.59. The zero-order valence-electron chi connectivity index (χ0n) is 31.9. The lowest BCUT2D eigenvalue weighted by atomic mass is 9.93. The summed E-state index contributed by atoms with van der Waals surface area (Å²) in [5.41, 5.74) is 5.44. The Labute approximate surface area is 333 Å². The average molecular weight is 794 g/mol. The number of piperidine rings is 1. The summed E-state index contributed by atoms with van der Waals surface area (Å²) >= 11 is 6.74. The Morgan fingerprint density at radius 3 is 2.43 bits per heavy atom. The van der Waals surface area contributed by atoms with Crippen LogP contribution in [0.25, 0.3) is 11.1 Å². The molecule has 6 rings (SSSR count). The molecule has 304 valence electrons. The minimum Gasteiger partial charge on any atom is -0.490 e. The number of rotatable bonds is 19. The lowest BCUT2D eigenvalue weighted by molar-refractivity contribution is -0.132. The van der Waals surface area contributed by atoms with Crippen LogP contribution >= 0.6 is 11.6 Å². The number of hydrogen-bond acceptors (Lipinski definition) is 10. The maximum absolute atomic E-state index is 13.1. The predicted molar refractivity (Wildman–Crippen MR) is 212 cm³/mol. The lowest BCUT2D eigenvalue weighted by Gasteiger charge is -2.32. The number of hydrogen-bond donors (Lipinski definition) is 8. The number of carbonyl (C=O) groups excluding carboxylic acids is 2. The Kier molecular flexibility index (Phi) is 14.2. The van der Waals surface area contributed by atoms with Gasteiger partial charge >= 0.3 is 6.03 Å². The number of aliphatic hydroxyl groups excluding tert-OH is 5. The molecule has 0 bridgehead atoms. The summed E-state index contributed by atoms with van der Waals surface area (Å²) in [5.74, 6) is 1.24. The molecule has 1 aliphatic heterocycles. The van der Waals surface area contributed by atoms with Crippen molar-refractivity contribution in [1.82, 2.24) is 25.8 Å². The highest BCUT2D eigenvalue weighted by Crippen LogP contribution is 2.50. The molecule has 2 heterocycles. The van der Waals surface area contributed by atoms with Gasteiger partial charge in [-0.25, -0.2) is 4.79 Å². The summed E-state index contributed by atoms with van der Waals surface area (Å²) in [4.78, 5) is 31.8. The SMILES string of the molecule is CC(CCCC(=O)N1CCC(NC(=O)NC[C@H](O)[C@@H](O)[C@H](O)[C@H](O)CO)CC1)c1ccc(Cl)c(CNC2(c3cnccc3-c3ccccc3OC3CC3)CC2)c1. The number of aliphatic hydroxyl groups is 5. The number of para-hydroxylation sites is 1. The monoisotopic (exact) mass is 793 g/mol. The van der Waals surface area contributed by atoms with E-state index in [1.807, 2.05) is 29.4 Å². The third-order valence-corrected chi connectivity index (χ3v) is 11.7. The molecule has 3 amide bonds. The van der Waals surface area contributed by atoms with E-state index in [1.165, 1.54) is 11.1 Å². The van der Waals surface area contributed by atoms with Crippen molar-refractivity contribution in [1.29, 1.82) is 0 Å². The van der Waals surface area contributed by atoms with E-state index < -0.39 is 37.1 Å². The first-order valence-electron chi connectivity index (χ1n) is 19.9. The largest absolute Gasteiger partial charge is 0.490 e. The summed E-state index contributed by atoms with van der Waals surface area (Å²) in [7, 11) is 0. The molecule has 8 N–H and O–H groups in total. The first-order valence-corrected chi connectivity index (χ1v) is 20.2. The minimum atomic E-state index is -1.77. The van der Waals surface area contributed by atoms with Crippen molar-refractivity contribution in [2.24, 2.45) is 0 Å². The van der Waals surface area contributed by atoms with Crippen molar-refractivity contribution in [3.63, 3.8) is 0 Å². The third-order valence-electron chi connectivity index (χ3n) is 11.3. The number of amides is 3. The van der Waals surface area contributed by atoms with E-state index in [4.69, 9.17) is 21.4 Å². The van der Waals surface area contributed by atoms with Crippen molar-refractivity contribution in [2.75, 3.05) is 26.2 Å². The number of likely N-dealkylation sites (tertiary alicyclic amines) is 1. The van der Waals surface area contributed by atoms with Crippen molar-refractivity contribution in [3.8, 4) is 16.9 Å². The van der Waals surface area contributed by atoms with Crippen molar-refractivity contribution < 1.29 is 39.9 Å². The van der Waals surface area contributed by atoms with E-state index in [1.54, 1.807) is 0 Å². The number of aromatic nitrogens is 1. The topological polar surface area (TPSA) is 197 Å². The van der Waals surface area contributed by atoms with Crippen LogP contribution < -0.4 is 20.7 Å². The molecule has 3 fully saturated rings. The van der Waals surface area contributed by atoms with Crippen LogP contribution in [-0.4, -0.2) is 110 Å². The van der Waals surface area contributed by atoms with E-state index in [0.717, 1.165) is 66.0 Å². The third kappa shape index (κ3) is 10.8. The second-order valence-electron chi connectivity index (χ2n) is 15.6. The van der Waals surface area contributed by atoms with Crippen LogP contribution in [-0.2, 0) is 16.9 Å². The fourth-order valence-electron chi connectivity index (χ4n) is 7.41. The lowest BCUT2D eigenvalue weighted by Crippen LogP contribution is -2.53. The summed E-state index contributed by atoms with van der Waals surface area (Å²) in [5, 5.41) is 57.8. The Balaban J connectivity index is 0.937. The molecule has 0 spiro atoms. The van der Waals surface area contributed by atoms with Gasteiger partial charge in [0.25, 0.3) is 0 Å². The van der Waals surface area contributed by atoms with Crippen LogP contribution in [0.15, 0.2) is 60.9 Å². The number of urea groups is 1. The smallest absolute Gasteiger partial charge is 0.315 e. The van der Waals surface area contributed by atoms with Gasteiger partial charge in [-0.3, -0.25) is 9.78 Å². The molecular weight excluding hydrogens is 738 g/mol. The zero-order chi connectivity index (χ0) is 39.8. The van der Waals surface area contributed by atoms with E-state index in [0.29, 0.717) is 45.0 Å². The normalized spacial score (nSPS) is 19.4. The van der Waals surface area contributed by atoms with Gasteiger partial charge < -0.3 is 51.1 Å². The van der Waals surface area contributed by atoms with E-state index in [9.17, 15) is 30.0 Å². The molecule has 1 saturated heterocycles. The van der Waals surface area contributed by atoms with E-state index in [-0.39, 0.29) is 30.0 Å². The van der Waals surface area contributed by atoms with Gasteiger partial charge in [0.15, 0.2) is 0 Å². The second-order valence-corrected chi connectivity index (χ2v) is 16.0. The average Bonchev–Trinajstić information content (AvgIpc) is 4.17. The molecule has 14 heteroatoms. The molecule has 3 aliphatic rings.